The van der Waals surface area contributed by atoms with E-state index in [4.69, 9.17) is 4.74 Å². The molecule has 0 spiro atoms. The van der Waals surface area contributed by atoms with Crippen LogP contribution >= 0.6 is 11.3 Å². The maximum absolute atomic E-state index is 5.74. The molecule has 0 bridgehead atoms. The Balaban J connectivity index is 1.56. The van der Waals surface area contributed by atoms with E-state index in [0.29, 0.717) is 24.3 Å². The van der Waals surface area contributed by atoms with E-state index >= 15 is 0 Å². The summed E-state index contributed by atoms with van der Waals surface area (Å²) in [6.07, 6.45) is 7.28. The topological polar surface area (TPSA) is 64.0 Å². The first-order valence-electron chi connectivity index (χ1n) is 7.69. The minimum Gasteiger partial charge on any atom is -0.476 e. The maximum Gasteiger partial charge on any atom is 0.232 e. The van der Waals surface area contributed by atoms with E-state index < -0.39 is 0 Å². The van der Waals surface area contributed by atoms with Crippen molar-refractivity contribution in [3.8, 4) is 5.88 Å². The van der Waals surface area contributed by atoms with Gasteiger partial charge in [-0.25, -0.2) is 4.98 Å². The van der Waals surface area contributed by atoms with E-state index in [-0.39, 0.29) is 0 Å². The van der Waals surface area contributed by atoms with Crippen LogP contribution in [0.5, 0.6) is 5.88 Å². The second-order valence-corrected chi connectivity index (χ2v) is 6.87. The van der Waals surface area contributed by atoms with Gasteiger partial charge in [0.25, 0.3) is 0 Å². The van der Waals surface area contributed by atoms with Gasteiger partial charge in [-0.3, -0.25) is 4.98 Å². The Hall–Kier alpha value is -1.76. The van der Waals surface area contributed by atoms with Crippen LogP contribution in [0.3, 0.4) is 0 Å². The molecule has 1 atom stereocenters. The van der Waals surface area contributed by atoms with E-state index in [1.54, 1.807) is 29.9 Å². The zero-order chi connectivity index (χ0) is 15.4. The SMILES string of the molecule is CC(C)c1nnc(N2CCCC(COc3cnccn3)C2)s1. The van der Waals surface area contributed by atoms with Gasteiger partial charge in [0.05, 0.1) is 12.8 Å². The third kappa shape index (κ3) is 3.71. The van der Waals surface area contributed by atoms with Crippen LogP contribution in [-0.2, 0) is 0 Å². The van der Waals surface area contributed by atoms with Crippen molar-refractivity contribution in [1.82, 2.24) is 20.2 Å². The van der Waals surface area contributed by atoms with Crippen molar-refractivity contribution in [2.45, 2.75) is 32.6 Å². The van der Waals surface area contributed by atoms with Crippen molar-refractivity contribution < 1.29 is 4.74 Å². The van der Waals surface area contributed by atoms with E-state index in [2.05, 4.69) is 38.9 Å². The maximum atomic E-state index is 5.74. The molecule has 2 aromatic rings. The molecule has 0 N–H and O–H groups in total. The third-order valence-electron chi connectivity index (χ3n) is 3.72. The van der Waals surface area contributed by atoms with Crippen LogP contribution in [0.2, 0.25) is 0 Å². The fraction of sp³-hybridized carbons (Fsp3) is 0.600. The van der Waals surface area contributed by atoms with Gasteiger partial charge in [-0.2, -0.15) is 0 Å². The Morgan fingerprint density at radius 3 is 3.00 bits per heavy atom. The quantitative estimate of drug-likeness (QED) is 0.844. The largest absolute Gasteiger partial charge is 0.476 e. The van der Waals surface area contributed by atoms with Gasteiger partial charge in [0.2, 0.25) is 11.0 Å². The third-order valence-corrected chi connectivity index (χ3v) is 5.00. The van der Waals surface area contributed by atoms with Crippen molar-refractivity contribution in [2.24, 2.45) is 5.92 Å². The fourth-order valence-electron chi connectivity index (χ4n) is 2.53. The molecule has 1 saturated heterocycles. The van der Waals surface area contributed by atoms with Crippen LogP contribution in [0.25, 0.3) is 0 Å². The lowest BCUT2D eigenvalue weighted by molar-refractivity contribution is 0.221. The average Bonchev–Trinajstić information content (AvgIpc) is 3.05. The number of ether oxygens (including phenoxy) is 1. The molecule has 0 aliphatic carbocycles. The van der Waals surface area contributed by atoms with Crippen molar-refractivity contribution in [1.29, 1.82) is 0 Å². The molecule has 1 aliphatic heterocycles. The van der Waals surface area contributed by atoms with E-state index in [0.717, 1.165) is 29.6 Å². The Morgan fingerprint density at radius 2 is 2.27 bits per heavy atom. The number of piperidine rings is 1. The van der Waals surface area contributed by atoms with Gasteiger partial charge in [0.15, 0.2) is 0 Å². The van der Waals surface area contributed by atoms with Gasteiger partial charge in [0.1, 0.15) is 5.01 Å². The van der Waals surface area contributed by atoms with Gasteiger partial charge in [-0.05, 0) is 12.8 Å². The Labute approximate surface area is 134 Å². The number of hydrogen-bond acceptors (Lipinski definition) is 7. The molecule has 3 rings (SSSR count). The van der Waals surface area contributed by atoms with Crippen molar-refractivity contribution in [3.63, 3.8) is 0 Å². The van der Waals surface area contributed by atoms with Crippen molar-refractivity contribution in [2.75, 3.05) is 24.6 Å². The van der Waals surface area contributed by atoms with E-state index in [9.17, 15) is 0 Å². The minimum absolute atomic E-state index is 0.437. The highest BCUT2D eigenvalue weighted by Gasteiger charge is 2.23. The molecule has 2 aromatic heterocycles. The fourth-order valence-corrected chi connectivity index (χ4v) is 3.41. The van der Waals surface area contributed by atoms with Gasteiger partial charge < -0.3 is 9.64 Å². The summed E-state index contributed by atoms with van der Waals surface area (Å²) in [5.41, 5.74) is 0. The first kappa shape index (κ1) is 15.1. The van der Waals surface area contributed by atoms with E-state index in [1.165, 1.54) is 6.42 Å². The molecular formula is C15H21N5OS. The summed E-state index contributed by atoms with van der Waals surface area (Å²) in [4.78, 5) is 10.5. The summed E-state index contributed by atoms with van der Waals surface area (Å²) in [7, 11) is 0. The Bertz CT molecular complexity index is 589. The van der Waals surface area contributed by atoms with Crippen LogP contribution in [0, 0.1) is 5.92 Å². The zero-order valence-electron chi connectivity index (χ0n) is 13.0. The van der Waals surface area contributed by atoms with Crippen LogP contribution in [0.1, 0.15) is 37.6 Å². The predicted molar refractivity (Wildman–Crippen MR) is 86.5 cm³/mol. The predicted octanol–water partition coefficient (Wildman–Crippen LogP) is 2.75. The highest BCUT2D eigenvalue weighted by atomic mass is 32.1. The van der Waals surface area contributed by atoms with Crippen LogP contribution in [-0.4, -0.2) is 39.9 Å². The Kier molecular flexibility index (Phi) is 4.82. The molecule has 1 fully saturated rings. The van der Waals surface area contributed by atoms with Gasteiger partial charge in [-0.15, -0.1) is 10.2 Å². The molecule has 0 saturated carbocycles. The summed E-state index contributed by atoms with van der Waals surface area (Å²) in [6.45, 7) is 6.99. The lowest BCUT2D eigenvalue weighted by Gasteiger charge is -2.31. The summed E-state index contributed by atoms with van der Waals surface area (Å²) in [5, 5.41) is 10.8. The molecular weight excluding hydrogens is 298 g/mol. The standard InChI is InChI=1S/C15H21N5OS/c1-11(2)14-18-19-15(22-14)20-7-3-4-12(9-20)10-21-13-8-16-5-6-17-13/h5-6,8,11-12H,3-4,7,9-10H2,1-2H3. The second kappa shape index (κ2) is 7.00. The molecule has 6 nitrogen and oxygen atoms in total. The second-order valence-electron chi connectivity index (χ2n) is 5.89. The highest BCUT2D eigenvalue weighted by Crippen LogP contribution is 2.29. The first-order chi connectivity index (χ1) is 10.7. The summed E-state index contributed by atoms with van der Waals surface area (Å²) in [6, 6.07) is 0. The molecule has 1 unspecified atom stereocenters. The van der Waals surface area contributed by atoms with Crippen molar-refractivity contribution in [3.05, 3.63) is 23.6 Å². The molecule has 22 heavy (non-hydrogen) atoms. The molecule has 7 heteroatoms. The Morgan fingerprint density at radius 1 is 1.36 bits per heavy atom. The molecule has 0 aromatic carbocycles. The zero-order valence-corrected chi connectivity index (χ0v) is 13.8. The smallest absolute Gasteiger partial charge is 0.232 e. The molecule has 3 heterocycles. The van der Waals surface area contributed by atoms with Crippen LogP contribution in [0.4, 0.5) is 5.13 Å². The van der Waals surface area contributed by atoms with E-state index in [1.807, 2.05) is 0 Å². The molecule has 0 radical (unpaired) electrons. The monoisotopic (exact) mass is 319 g/mol. The lowest BCUT2D eigenvalue weighted by atomic mass is 9.99. The minimum atomic E-state index is 0.437. The lowest BCUT2D eigenvalue weighted by Crippen LogP contribution is -2.37. The van der Waals surface area contributed by atoms with Crippen LogP contribution in [0.15, 0.2) is 18.6 Å². The summed E-state index contributed by atoms with van der Waals surface area (Å²) >= 11 is 1.70. The molecule has 1 aliphatic rings. The van der Waals surface area contributed by atoms with Gasteiger partial charge >= 0.3 is 0 Å². The number of hydrogen-bond donors (Lipinski definition) is 0. The average molecular weight is 319 g/mol. The number of rotatable bonds is 5. The first-order valence-corrected chi connectivity index (χ1v) is 8.51. The highest BCUT2D eigenvalue weighted by molar-refractivity contribution is 7.15. The normalized spacial score (nSPS) is 18.7. The van der Waals surface area contributed by atoms with Gasteiger partial charge in [-0.1, -0.05) is 25.2 Å². The number of aromatic nitrogens is 4. The summed E-state index contributed by atoms with van der Waals surface area (Å²) in [5.74, 6) is 1.52. The molecule has 118 valence electrons. The number of anilines is 1. The molecule has 0 amide bonds. The van der Waals surface area contributed by atoms with Crippen LogP contribution < -0.4 is 9.64 Å². The summed E-state index contributed by atoms with van der Waals surface area (Å²) < 4.78 is 5.74. The number of nitrogens with zero attached hydrogens (tertiary/aromatic N) is 5. The van der Waals surface area contributed by atoms with Gasteiger partial charge in [0, 0.05) is 37.3 Å². The van der Waals surface area contributed by atoms with Crippen molar-refractivity contribution >= 4 is 16.5 Å².